The summed E-state index contributed by atoms with van der Waals surface area (Å²) >= 11 is 0. The fourth-order valence-electron chi connectivity index (χ4n) is 1.42. The molecule has 6 nitrogen and oxygen atoms in total. The Kier molecular flexibility index (Phi) is 3.07. The predicted octanol–water partition coefficient (Wildman–Crippen LogP) is -0.207. The summed E-state index contributed by atoms with van der Waals surface area (Å²) in [7, 11) is 0. The van der Waals surface area contributed by atoms with E-state index in [-0.39, 0.29) is 6.54 Å². The van der Waals surface area contributed by atoms with Crippen molar-refractivity contribution in [3.05, 3.63) is 0 Å². The highest BCUT2D eigenvalue weighted by Crippen LogP contribution is 2.16. The number of nitrogens with zero attached hydrogens (tertiary/aromatic N) is 1. The number of nitrogens with two attached hydrogens (primary N) is 1. The second-order valence-corrected chi connectivity index (χ2v) is 3.01. The van der Waals surface area contributed by atoms with Crippen LogP contribution in [-0.4, -0.2) is 35.2 Å². The number of amides is 1. The lowest BCUT2D eigenvalue weighted by Gasteiger charge is -2.28. The summed E-state index contributed by atoms with van der Waals surface area (Å²) in [5.74, 6) is 3.31. The van der Waals surface area contributed by atoms with E-state index < -0.39 is 18.0 Å². The Labute approximate surface area is 75.2 Å². The van der Waals surface area contributed by atoms with E-state index in [1.54, 1.807) is 0 Å². The van der Waals surface area contributed by atoms with Gasteiger partial charge in [0.15, 0.2) is 0 Å². The van der Waals surface area contributed by atoms with Crippen LogP contribution in [0.1, 0.15) is 12.8 Å². The first-order valence-corrected chi connectivity index (χ1v) is 4.03. The molecule has 74 valence electrons. The lowest BCUT2D eigenvalue weighted by Crippen LogP contribution is -2.43. The summed E-state index contributed by atoms with van der Waals surface area (Å²) in [6.07, 6.45) is 0.612. The Hall–Kier alpha value is -1.30. The second kappa shape index (κ2) is 4.08. The number of aliphatic carboxylic acids is 1. The first-order valence-electron chi connectivity index (χ1n) is 4.03. The van der Waals surface area contributed by atoms with Crippen molar-refractivity contribution in [2.24, 2.45) is 11.8 Å². The monoisotopic (exact) mass is 188 g/mol. The molecule has 6 heteroatoms. The van der Waals surface area contributed by atoms with Crippen LogP contribution in [0.2, 0.25) is 0 Å². The smallest absolute Gasteiger partial charge is 0.428 e. The molecule has 1 amide bonds. The molecule has 1 aliphatic heterocycles. The van der Waals surface area contributed by atoms with Gasteiger partial charge in [-0.25, -0.2) is 4.79 Å². The molecule has 13 heavy (non-hydrogen) atoms. The molecule has 1 heterocycles. The minimum Gasteiger partial charge on any atom is -0.481 e. The van der Waals surface area contributed by atoms with Crippen LogP contribution in [0.15, 0.2) is 0 Å². The highest BCUT2D eigenvalue weighted by Gasteiger charge is 2.28. The number of hydrogen-bond acceptors (Lipinski definition) is 4. The number of hydrogen-bond donors (Lipinski definition) is 2. The molecule has 0 bridgehead atoms. The zero-order valence-electron chi connectivity index (χ0n) is 7.10. The summed E-state index contributed by atoms with van der Waals surface area (Å²) in [4.78, 5) is 26.8. The molecule has 1 aliphatic rings. The lowest BCUT2D eigenvalue weighted by molar-refractivity contribution is -0.143. The number of carbonyl (C=O) groups excluding carboxylic acids is 1. The number of carbonyl (C=O) groups is 2. The average Bonchev–Trinajstić information content (AvgIpc) is 2.17. The zero-order chi connectivity index (χ0) is 9.84. The minimum absolute atomic E-state index is 0.186. The summed E-state index contributed by atoms with van der Waals surface area (Å²) in [6.45, 7) is 0.700. The second-order valence-electron chi connectivity index (χ2n) is 3.01. The molecule has 1 rings (SSSR count). The quantitative estimate of drug-likeness (QED) is 0.555. The standard InChI is InChI=1S/C7H12N2O4/c8-13-7(12)9-3-1-2-5(4-9)6(10)11/h5H,1-4,8H2,(H,10,11). The lowest BCUT2D eigenvalue weighted by atomic mass is 9.99. The van der Waals surface area contributed by atoms with Crippen LogP contribution >= 0.6 is 0 Å². The first-order chi connectivity index (χ1) is 6.15. The molecule has 0 aliphatic carbocycles. The van der Waals surface area contributed by atoms with Gasteiger partial charge in [-0.2, -0.15) is 5.90 Å². The normalized spacial score (nSPS) is 22.5. The van der Waals surface area contributed by atoms with Gasteiger partial charge in [0, 0.05) is 13.1 Å². The first kappa shape index (κ1) is 9.79. The Bertz CT molecular complexity index is 219. The molecular weight excluding hydrogens is 176 g/mol. The van der Waals surface area contributed by atoms with Gasteiger partial charge in [0.25, 0.3) is 0 Å². The van der Waals surface area contributed by atoms with Crippen LogP contribution in [0.5, 0.6) is 0 Å². The summed E-state index contributed by atoms with van der Waals surface area (Å²) in [5, 5.41) is 8.70. The fourth-order valence-corrected chi connectivity index (χ4v) is 1.42. The average molecular weight is 188 g/mol. The van der Waals surface area contributed by atoms with E-state index in [0.29, 0.717) is 19.4 Å². The molecule has 0 aromatic rings. The summed E-state index contributed by atoms with van der Waals surface area (Å²) in [6, 6.07) is 0. The van der Waals surface area contributed by atoms with Crippen LogP contribution in [0.3, 0.4) is 0 Å². The van der Waals surface area contributed by atoms with Crippen LogP contribution in [-0.2, 0) is 9.63 Å². The van der Waals surface area contributed by atoms with Crippen LogP contribution in [0.25, 0.3) is 0 Å². The highest BCUT2D eigenvalue weighted by molar-refractivity contribution is 5.73. The Morgan fingerprint density at radius 3 is 2.77 bits per heavy atom. The number of likely N-dealkylation sites (tertiary alicyclic amines) is 1. The van der Waals surface area contributed by atoms with Crippen molar-refractivity contribution >= 4 is 12.1 Å². The third-order valence-corrected chi connectivity index (χ3v) is 2.13. The van der Waals surface area contributed by atoms with E-state index in [0.717, 1.165) is 0 Å². The molecule has 1 fully saturated rings. The van der Waals surface area contributed by atoms with Gasteiger partial charge in [-0.1, -0.05) is 0 Å². The largest absolute Gasteiger partial charge is 0.481 e. The Morgan fingerprint density at radius 1 is 1.54 bits per heavy atom. The third kappa shape index (κ3) is 2.32. The number of carboxylic acid groups (broad SMARTS) is 1. The van der Waals surface area contributed by atoms with Crippen molar-refractivity contribution in [3.63, 3.8) is 0 Å². The van der Waals surface area contributed by atoms with E-state index in [1.807, 2.05) is 0 Å². The molecule has 0 aromatic carbocycles. The van der Waals surface area contributed by atoms with Gasteiger partial charge in [-0.3, -0.25) is 4.79 Å². The van der Waals surface area contributed by atoms with Gasteiger partial charge in [-0.05, 0) is 12.8 Å². The molecule has 1 atom stereocenters. The van der Waals surface area contributed by atoms with Crippen molar-refractivity contribution in [1.82, 2.24) is 4.90 Å². The molecule has 0 saturated carbocycles. The molecule has 3 N–H and O–H groups in total. The molecule has 1 saturated heterocycles. The predicted molar refractivity (Wildman–Crippen MR) is 42.6 cm³/mol. The number of rotatable bonds is 1. The van der Waals surface area contributed by atoms with Gasteiger partial charge < -0.3 is 14.8 Å². The van der Waals surface area contributed by atoms with Crippen LogP contribution < -0.4 is 5.90 Å². The van der Waals surface area contributed by atoms with Crippen molar-refractivity contribution in [1.29, 1.82) is 0 Å². The van der Waals surface area contributed by atoms with Crippen molar-refractivity contribution in [2.75, 3.05) is 13.1 Å². The maximum Gasteiger partial charge on any atom is 0.428 e. The van der Waals surface area contributed by atoms with E-state index >= 15 is 0 Å². The molecule has 0 aromatic heterocycles. The topological polar surface area (TPSA) is 92.9 Å². The molecule has 1 unspecified atom stereocenters. The van der Waals surface area contributed by atoms with E-state index in [2.05, 4.69) is 10.7 Å². The van der Waals surface area contributed by atoms with E-state index in [9.17, 15) is 9.59 Å². The molecular formula is C7H12N2O4. The van der Waals surface area contributed by atoms with Gasteiger partial charge in [0.05, 0.1) is 5.92 Å². The van der Waals surface area contributed by atoms with Crippen molar-refractivity contribution in [3.8, 4) is 0 Å². The minimum atomic E-state index is -0.880. The van der Waals surface area contributed by atoms with Crippen molar-refractivity contribution in [2.45, 2.75) is 12.8 Å². The molecule has 0 radical (unpaired) electrons. The summed E-state index contributed by atoms with van der Waals surface area (Å²) < 4.78 is 0. The highest BCUT2D eigenvalue weighted by atomic mass is 16.7. The third-order valence-electron chi connectivity index (χ3n) is 2.13. The van der Waals surface area contributed by atoms with Gasteiger partial charge in [-0.15, -0.1) is 0 Å². The van der Waals surface area contributed by atoms with E-state index in [1.165, 1.54) is 4.90 Å². The number of piperidine rings is 1. The van der Waals surface area contributed by atoms with Gasteiger partial charge in [0.1, 0.15) is 0 Å². The van der Waals surface area contributed by atoms with Gasteiger partial charge >= 0.3 is 12.1 Å². The fraction of sp³-hybridized carbons (Fsp3) is 0.714. The molecule has 0 spiro atoms. The van der Waals surface area contributed by atoms with Crippen molar-refractivity contribution < 1.29 is 19.5 Å². The zero-order valence-corrected chi connectivity index (χ0v) is 7.10. The van der Waals surface area contributed by atoms with Crippen LogP contribution in [0.4, 0.5) is 4.79 Å². The maximum absolute atomic E-state index is 10.9. The Balaban J connectivity index is 2.51. The maximum atomic E-state index is 10.9. The van der Waals surface area contributed by atoms with Crippen LogP contribution in [0, 0.1) is 5.92 Å². The van der Waals surface area contributed by atoms with E-state index in [4.69, 9.17) is 5.11 Å². The SMILES string of the molecule is NOC(=O)N1CCCC(C(=O)O)C1. The summed E-state index contributed by atoms with van der Waals surface area (Å²) in [5.41, 5.74) is 0. The Morgan fingerprint density at radius 2 is 2.23 bits per heavy atom. The van der Waals surface area contributed by atoms with Gasteiger partial charge in [0.2, 0.25) is 0 Å². The number of carboxylic acids is 1.